The zero-order chi connectivity index (χ0) is 17.8. The molecule has 4 heteroatoms. The minimum absolute atomic E-state index is 0.140. The number of hydrogen-bond donors (Lipinski definition) is 1. The van der Waals surface area contributed by atoms with Crippen molar-refractivity contribution in [1.29, 1.82) is 5.26 Å². The Kier molecular flexibility index (Phi) is 4.76. The first kappa shape index (κ1) is 16.7. The minimum Gasteiger partial charge on any atom is -0.322 e. The topological polar surface area (TPSA) is 65.8 Å². The quantitative estimate of drug-likeness (QED) is 0.770. The van der Waals surface area contributed by atoms with Gasteiger partial charge in [0.2, 0.25) is 0 Å². The molecule has 0 aliphatic rings. The van der Waals surface area contributed by atoms with Crippen LogP contribution in [0.15, 0.2) is 48.5 Å². The molecular formula is C21H19N3O. The van der Waals surface area contributed by atoms with Crippen LogP contribution in [0, 0.1) is 18.3 Å². The third-order valence-electron chi connectivity index (χ3n) is 4.29. The van der Waals surface area contributed by atoms with E-state index in [4.69, 9.17) is 5.26 Å². The third-order valence-corrected chi connectivity index (χ3v) is 4.29. The second kappa shape index (κ2) is 7.14. The number of aryl methyl sites for hydroxylation is 1. The van der Waals surface area contributed by atoms with Gasteiger partial charge in [0.05, 0.1) is 23.6 Å². The van der Waals surface area contributed by atoms with E-state index >= 15 is 0 Å². The lowest BCUT2D eigenvalue weighted by Gasteiger charge is -2.14. The number of nitriles is 1. The number of nitrogens with zero attached hydrogens (tertiary/aromatic N) is 2. The van der Waals surface area contributed by atoms with E-state index in [0.29, 0.717) is 17.7 Å². The molecule has 1 N–H and O–H groups in total. The Morgan fingerprint density at radius 1 is 1.16 bits per heavy atom. The fourth-order valence-corrected chi connectivity index (χ4v) is 2.99. The van der Waals surface area contributed by atoms with Crippen LogP contribution >= 0.6 is 0 Å². The van der Waals surface area contributed by atoms with Crippen LogP contribution in [0.25, 0.3) is 10.9 Å². The third kappa shape index (κ3) is 3.36. The maximum Gasteiger partial charge on any atom is 0.256 e. The average Bonchev–Trinajstić information content (AvgIpc) is 2.63. The van der Waals surface area contributed by atoms with Crippen LogP contribution in [-0.2, 0) is 12.8 Å². The Bertz CT molecular complexity index is 969. The highest BCUT2D eigenvalue weighted by molar-refractivity contribution is 6.13. The molecule has 3 rings (SSSR count). The number of fused-ring (bicyclic) bond motifs is 1. The van der Waals surface area contributed by atoms with Crippen LogP contribution in [-0.4, -0.2) is 10.9 Å². The number of para-hydroxylation sites is 1. The van der Waals surface area contributed by atoms with Crippen molar-refractivity contribution in [2.75, 3.05) is 5.32 Å². The maximum absolute atomic E-state index is 12.9. The molecule has 0 spiro atoms. The van der Waals surface area contributed by atoms with Crippen LogP contribution in [0.2, 0.25) is 0 Å². The fourth-order valence-electron chi connectivity index (χ4n) is 2.99. The van der Waals surface area contributed by atoms with E-state index in [1.165, 1.54) is 0 Å². The van der Waals surface area contributed by atoms with Gasteiger partial charge in [0.15, 0.2) is 0 Å². The number of pyridine rings is 1. The van der Waals surface area contributed by atoms with Gasteiger partial charge in [-0.2, -0.15) is 5.26 Å². The summed E-state index contributed by atoms with van der Waals surface area (Å²) < 4.78 is 0. The summed E-state index contributed by atoms with van der Waals surface area (Å²) in [5, 5.41) is 12.6. The molecule has 1 aromatic heterocycles. The Morgan fingerprint density at radius 2 is 1.88 bits per heavy atom. The molecule has 0 unspecified atom stereocenters. The summed E-state index contributed by atoms with van der Waals surface area (Å²) in [6.45, 7) is 3.99. The van der Waals surface area contributed by atoms with Gasteiger partial charge in [0, 0.05) is 16.8 Å². The number of nitrogens with one attached hydrogen (secondary N) is 1. The Labute approximate surface area is 147 Å². The van der Waals surface area contributed by atoms with E-state index in [-0.39, 0.29) is 5.91 Å². The smallest absolute Gasteiger partial charge is 0.256 e. The van der Waals surface area contributed by atoms with Gasteiger partial charge in [-0.3, -0.25) is 9.78 Å². The molecule has 25 heavy (non-hydrogen) atoms. The molecule has 0 bridgehead atoms. The first-order chi connectivity index (χ1) is 12.1. The Hall–Kier alpha value is -3.19. The van der Waals surface area contributed by atoms with Gasteiger partial charge in [-0.1, -0.05) is 37.3 Å². The lowest BCUT2D eigenvalue weighted by Crippen LogP contribution is -2.15. The number of amides is 1. The SMILES string of the molecule is CCc1nc2ccccc2c(C(=O)Nc2ccc(CC#N)cc2)c1C. The van der Waals surface area contributed by atoms with Crippen molar-refractivity contribution >= 4 is 22.5 Å². The van der Waals surface area contributed by atoms with E-state index in [1.54, 1.807) is 0 Å². The predicted octanol–water partition coefficient (Wildman–Crippen LogP) is 4.42. The van der Waals surface area contributed by atoms with E-state index in [0.717, 1.165) is 34.1 Å². The van der Waals surface area contributed by atoms with Gasteiger partial charge in [-0.15, -0.1) is 0 Å². The fraction of sp³-hybridized carbons (Fsp3) is 0.190. The first-order valence-corrected chi connectivity index (χ1v) is 8.29. The van der Waals surface area contributed by atoms with Crippen LogP contribution < -0.4 is 5.32 Å². The van der Waals surface area contributed by atoms with Crippen LogP contribution in [0.1, 0.15) is 34.1 Å². The van der Waals surface area contributed by atoms with Gasteiger partial charge in [0.25, 0.3) is 5.91 Å². The minimum atomic E-state index is -0.140. The molecule has 4 nitrogen and oxygen atoms in total. The van der Waals surface area contributed by atoms with Crippen molar-refractivity contribution in [2.24, 2.45) is 0 Å². The second-order valence-corrected chi connectivity index (χ2v) is 5.92. The van der Waals surface area contributed by atoms with Crippen LogP contribution in [0.5, 0.6) is 0 Å². The van der Waals surface area contributed by atoms with E-state index in [2.05, 4.69) is 16.4 Å². The average molecular weight is 329 g/mol. The number of aromatic nitrogens is 1. The van der Waals surface area contributed by atoms with Crippen molar-refractivity contribution in [3.63, 3.8) is 0 Å². The lowest BCUT2D eigenvalue weighted by atomic mass is 9.99. The van der Waals surface area contributed by atoms with E-state index in [1.807, 2.05) is 62.4 Å². The largest absolute Gasteiger partial charge is 0.322 e. The monoisotopic (exact) mass is 329 g/mol. The number of benzene rings is 2. The van der Waals surface area contributed by atoms with Crippen molar-refractivity contribution in [3.8, 4) is 6.07 Å². The number of carbonyl (C=O) groups excluding carboxylic acids is 1. The van der Waals surface area contributed by atoms with Crippen molar-refractivity contribution in [3.05, 3.63) is 70.9 Å². The number of rotatable bonds is 4. The van der Waals surface area contributed by atoms with E-state index < -0.39 is 0 Å². The van der Waals surface area contributed by atoms with Crippen LogP contribution in [0.4, 0.5) is 5.69 Å². The highest BCUT2D eigenvalue weighted by Gasteiger charge is 2.17. The molecule has 2 aromatic carbocycles. The predicted molar refractivity (Wildman–Crippen MR) is 99.6 cm³/mol. The summed E-state index contributed by atoms with van der Waals surface area (Å²) >= 11 is 0. The van der Waals surface area contributed by atoms with Crippen molar-refractivity contribution in [2.45, 2.75) is 26.7 Å². The number of carbonyl (C=O) groups is 1. The summed E-state index contributed by atoms with van der Waals surface area (Å²) in [4.78, 5) is 17.6. The Morgan fingerprint density at radius 3 is 2.56 bits per heavy atom. The van der Waals surface area contributed by atoms with Gasteiger partial charge < -0.3 is 5.32 Å². The highest BCUT2D eigenvalue weighted by Crippen LogP contribution is 2.24. The number of hydrogen-bond acceptors (Lipinski definition) is 3. The summed E-state index contributed by atoms with van der Waals surface area (Å²) in [5.74, 6) is -0.140. The van der Waals surface area contributed by atoms with Gasteiger partial charge in [0.1, 0.15) is 0 Å². The summed E-state index contributed by atoms with van der Waals surface area (Å²) in [5.41, 5.74) is 5.00. The lowest BCUT2D eigenvalue weighted by molar-refractivity contribution is 0.102. The molecule has 0 saturated heterocycles. The van der Waals surface area contributed by atoms with Crippen molar-refractivity contribution < 1.29 is 4.79 Å². The molecule has 124 valence electrons. The first-order valence-electron chi connectivity index (χ1n) is 8.29. The zero-order valence-corrected chi connectivity index (χ0v) is 14.3. The summed E-state index contributed by atoms with van der Waals surface area (Å²) in [6, 6.07) is 17.2. The van der Waals surface area contributed by atoms with Crippen LogP contribution in [0.3, 0.4) is 0 Å². The van der Waals surface area contributed by atoms with E-state index in [9.17, 15) is 4.79 Å². The molecule has 0 saturated carbocycles. The molecule has 0 atom stereocenters. The highest BCUT2D eigenvalue weighted by atomic mass is 16.1. The summed E-state index contributed by atoms with van der Waals surface area (Å²) in [7, 11) is 0. The molecule has 3 aromatic rings. The maximum atomic E-state index is 12.9. The Balaban J connectivity index is 1.99. The summed E-state index contributed by atoms with van der Waals surface area (Å²) in [6.07, 6.45) is 1.14. The molecule has 1 amide bonds. The van der Waals surface area contributed by atoms with Gasteiger partial charge in [-0.25, -0.2) is 0 Å². The van der Waals surface area contributed by atoms with Gasteiger partial charge in [-0.05, 0) is 42.7 Å². The standard InChI is InChI=1S/C21H19N3O/c1-3-18-14(2)20(17-6-4-5-7-19(17)24-18)21(25)23-16-10-8-15(9-11-16)12-13-22/h4-11H,3,12H2,1-2H3,(H,23,25). The molecular weight excluding hydrogens is 310 g/mol. The normalized spacial score (nSPS) is 10.4. The number of anilines is 1. The molecule has 0 aliphatic heterocycles. The van der Waals surface area contributed by atoms with Crippen molar-refractivity contribution in [1.82, 2.24) is 4.98 Å². The zero-order valence-electron chi connectivity index (χ0n) is 14.3. The molecule has 1 heterocycles. The molecule has 0 aliphatic carbocycles. The molecule has 0 fully saturated rings. The second-order valence-electron chi connectivity index (χ2n) is 5.92. The molecule has 0 radical (unpaired) electrons. The van der Waals surface area contributed by atoms with Gasteiger partial charge >= 0.3 is 0 Å².